The van der Waals surface area contributed by atoms with Gasteiger partial charge in [-0.05, 0) is 48.9 Å². The molecule has 4 heteroatoms. The number of anilines is 1. The van der Waals surface area contributed by atoms with Crippen molar-refractivity contribution in [3.8, 4) is 5.75 Å². The summed E-state index contributed by atoms with van der Waals surface area (Å²) in [5.41, 5.74) is 2.12. The molecular weight excluding hydrogens is 228 g/mol. The summed E-state index contributed by atoms with van der Waals surface area (Å²) >= 11 is 0. The second kappa shape index (κ2) is 5.31. The van der Waals surface area contributed by atoms with E-state index in [-0.39, 0.29) is 5.91 Å². The second-order valence-corrected chi connectivity index (χ2v) is 3.90. The maximum absolute atomic E-state index is 11.9. The van der Waals surface area contributed by atoms with Crippen LogP contribution >= 0.6 is 0 Å². The van der Waals surface area contributed by atoms with Crippen molar-refractivity contribution in [1.82, 2.24) is 4.98 Å². The fraction of sp³-hybridized carbons (Fsp3) is 0.143. The van der Waals surface area contributed by atoms with Crippen LogP contribution in [-0.2, 0) is 0 Å². The first kappa shape index (κ1) is 12.1. The van der Waals surface area contributed by atoms with Gasteiger partial charge in [0.15, 0.2) is 0 Å². The average Bonchev–Trinajstić information content (AvgIpc) is 2.39. The Morgan fingerprint density at radius 3 is 2.56 bits per heavy atom. The molecule has 18 heavy (non-hydrogen) atoms. The summed E-state index contributed by atoms with van der Waals surface area (Å²) in [6.07, 6.45) is 1.62. The molecule has 2 rings (SSSR count). The topological polar surface area (TPSA) is 51.2 Å². The first-order valence-electron chi connectivity index (χ1n) is 5.57. The summed E-state index contributed by atoms with van der Waals surface area (Å²) < 4.78 is 5.05. The number of hydrogen-bond donors (Lipinski definition) is 1. The Hall–Kier alpha value is -2.36. The van der Waals surface area contributed by atoms with E-state index in [1.165, 1.54) is 0 Å². The molecule has 0 aliphatic heterocycles. The van der Waals surface area contributed by atoms with Crippen LogP contribution in [0.2, 0.25) is 0 Å². The number of hydrogen-bond acceptors (Lipinski definition) is 3. The number of benzene rings is 1. The van der Waals surface area contributed by atoms with Crippen LogP contribution in [0.5, 0.6) is 5.75 Å². The maximum Gasteiger partial charge on any atom is 0.274 e. The monoisotopic (exact) mass is 242 g/mol. The number of nitrogens with one attached hydrogen (secondary N) is 1. The molecule has 92 valence electrons. The van der Waals surface area contributed by atoms with E-state index >= 15 is 0 Å². The van der Waals surface area contributed by atoms with Gasteiger partial charge in [0, 0.05) is 11.9 Å². The minimum absolute atomic E-state index is 0.219. The summed E-state index contributed by atoms with van der Waals surface area (Å²) in [4.78, 5) is 15.9. The van der Waals surface area contributed by atoms with Crippen LogP contribution in [0.3, 0.4) is 0 Å². The molecule has 0 fully saturated rings. The van der Waals surface area contributed by atoms with Crippen LogP contribution in [0.1, 0.15) is 16.1 Å². The predicted octanol–water partition coefficient (Wildman–Crippen LogP) is 2.65. The minimum Gasteiger partial charge on any atom is -0.497 e. The standard InChI is InChI=1S/C14H14N2O2/c1-10-7-8-15-13(9-10)14(17)16-11-3-5-12(18-2)6-4-11/h3-9H,1-2H3,(H,16,17). The number of nitrogens with zero attached hydrogens (tertiary/aromatic N) is 1. The zero-order valence-corrected chi connectivity index (χ0v) is 10.3. The number of ether oxygens (including phenoxy) is 1. The zero-order chi connectivity index (χ0) is 13.0. The van der Waals surface area contributed by atoms with Gasteiger partial charge >= 0.3 is 0 Å². The van der Waals surface area contributed by atoms with Crippen molar-refractivity contribution in [2.75, 3.05) is 12.4 Å². The Morgan fingerprint density at radius 2 is 1.94 bits per heavy atom. The fourth-order valence-electron chi connectivity index (χ4n) is 1.53. The summed E-state index contributed by atoms with van der Waals surface area (Å²) in [7, 11) is 1.60. The van der Waals surface area contributed by atoms with Gasteiger partial charge < -0.3 is 10.1 Å². The number of amides is 1. The lowest BCUT2D eigenvalue weighted by Gasteiger charge is -2.06. The van der Waals surface area contributed by atoms with Gasteiger partial charge in [0.05, 0.1) is 7.11 Å². The van der Waals surface area contributed by atoms with Crippen molar-refractivity contribution in [1.29, 1.82) is 0 Å². The Balaban J connectivity index is 2.11. The average molecular weight is 242 g/mol. The van der Waals surface area contributed by atoms with E-state index < -0.39 is 0 Å². The fourth-order valence-corrected chi connectivity index (χ4v) is 1.53. The van der Waals surface area contributed by atoms with Crippen molar-refractivity contribution >= 4 is 11.6 Å². The van der Waals surface area contributed by atoms with E-state index in [0.717, 1.165) is 11.3 Å². The third-order valence-corrected chi connectivity index (χ3v) is 2.50. The third-order valence-electron chi connectivity index (χ3n) is 2.50. The molecule has 0 atom stereocenters. The molecule has 0 aliphatic rings. The smallest absolute Gasteiger partial charge is 0.274 e. The largest absolute Gasteiger partial charge is 0.497 e. The first-order chi connectivity index (χ1) is 8.69. The van der Waals surface area contributed by atoms with Crippen molar-refractivity contribution in [3.05, 3.63) is 53.9 Å². The summed E-state index contributed by atoms with van der Waals surface area (Å²) in [5.74, 6) is 0.533. The van der Waals surface area contributed by atoms with Gasteiger partial charge in [-0.15, -0.1) is 0 Å². The molecule has 0 bridgehead atoms. The van der Waals surface area contributed by atoms with Crippen molar-refractivity contribution in [2.24, 2.45) is 0 Å². The number of carbonyl (C=O) groups is 1. The molecule has 1 amide bonds. The number of aromatic nitrogens is 1. The maximum atomic E-state index is 11.9. The Bertz CT molecular complexity index is 550. The second-order valence-electron chi connectivity index (χ2n) is 3.90. The molecule has 2 aromatic rings. The van der Waals surface area contributed by atoms with E-state index in [1.54, 1.807) is 43.6 Å². The lowest BCUT2D eigenvalue weighted by molar-refractivity contribution is 0.102. The molecule has 1 aromatic carbocycles. The first-order valence-corrected chi connectivity index (χ1v) is 5.57. The highest BCUT2D eigenvalue weighted by molar-refractivity contribution is 6.02. The lowest BCUT2D eigenvalue weighted by Crippen LogP contribution is -2.13. The van der Waals surface area contributed by atoms with E-state index in [9.17, 15) is 4.79 Å². The van der Waals surface area contributed by atoms with E-state index in [4.69, 9.17) is 4.74 Å². The molecule has 1 aromatic heterocycles. The third kappa shape index (κ3) is 2.85. The van der Waals surface area contributed by atoms with Gasteiger partial charge in [0.2, 0.25) is 0 Å². The minimum atomic E-state index is -0.219. The molecule has 1 heterocycles. The van der Waals surface area contributed by atoms with Gasteiger partial charge in [0.25, 0.3) is 5.91 Å². The number of carbonyl (C=O) groups excluding carboxylic acids is 1. The van der Waals surface area contributed by atoms with Gasteiger partial charge in [-0.3, -0.25) is 9.78 Å². The van der Waals surface area contributed by atoms with E-state index in [0.29, 0.717) is 11.4 Å². The van der Waals surface area contributed by atoms with Crippen LogP contribution in [0.25, 0.3) is 0 Å². The summed E-state index contributed by atoms with van der Waals surface area (Å²) in [6.45, 7) is 1.92. The van der Waals surface area contributed by atoms with E-state index in [1.807, 2.05) is 13.0 Å². The molecule has 0 saturated carbocycles. The molecule has 1 N–H and O–H groups in total. The van der Waals surface area contributed by atoms with Gasteiger partial charge in [-0.1, -0.05) is 0 Å². The molecule has 0 spiro atoms. The van der Waals surface area contributed by atoms with Crippen molar-refractivity contribution in [3.63, 3.8) is 0 Å². The van der Waals surface area contributed by atoms with Crippen LogP contribution in [0, 0.1) is 6.92 Å². The highest BCUT2D eigenvalue weighted by Gasteiger charge is 2.07. The zero-order valence-electron chi connectivity index (χ0n) is 10.3. The number of methoxy groups -OCH3 is 1. The normalized spacial score (nSPS) is 9.89. The van der Waals surface area contributed by atoms with Crippen LogP contribution in [0.4, 0.5) is 5.69 Å². The molecule has 0 unspecified atom stereocenters. The Kier molecular flexibility index (Phi) is 3.57. The molecule has 0 radical (unpaired) electrons. The SMILES string of the molecule is COc1ccc(NC(=O)c2cc(C)ccn2)cc1. The van der Waals surface area contributed by atoms with Crippen LogP contribution in [-0.4, -0.2) is 18.0 Å². The van der Waals surface area contributed by atoms with Gasteiger partial charge in [-0.25, -0.2) is 0 Å². The molecule has 0 saturated heterocycles. The predicted molar refractivity (Wildman–Crippen MR) is 69.9 cm³/mol. The van der Waals surface area contributed by atoms with Crippen LogP contribution in [0.15, 0.2) is 42.6 Å². The van der Waals surface area contributed by atoms with Gasteiger partial charge in [-0.2, -0.15) is 0 Å². The lowest BCUT2D eigenvalue weighted by atomic mass is 10.2. The molecular formula is C14H14N2O2. The van der Waals surface area contributed by atoms with Crippen molar-refractivity contribution < 1.29 is 9.53 Å². The molecule has 4 nitrogen and oxygen atoms in total. The van der Waals surface area contributed by atoms with Crippen LogP contribution < -0.4 is 10.1 Å². The number of pyridine rings is 1. The highest BCUT2D eigenvalue weighted by Crippen LogP contribution is 2.15. The highest BCUT2D eigenvalue weighted by atomic mass is 16.5. The van der Waals surface area contributed by atoms with Crippen molar-refractivity contribution in [2.45, 2.75) is 6.92 Å². The Morgan fingerprint density at radius 1 is 1.22 bits per heavy atom. The van der Waals surface area contributed by atoms with E-state index in [2.05, 4.69) is 10.3 Å². The number of aryl methyl sites for hydroxylation is 1. The summed E-state index contributed by atoms with van der Waals surface area (Å²) in [5, 5.41) is 2.78. The number of rotatable bonds is 3. The quantitative estimate of drug-likeness (QED) is 0.900. The molecule has 0 aliphatic carbocycles. The Labute approximate surface area is 106 Å². The summed E-state index contributed by atoms with van der Waals surface area (Å²) in [6, 6.07) is 10.8. The van der Waals surface area contributed by atoms with Gasteiger partial charge in [0.1, 0.15) is 11.4 Å².